The van der Waals surface area contributed by atoms with Gasteiger partial charge in [0.1, 0.15) is 6.61 Å². The Morgan fingerprint density at radius 2 is 1.62 bits per heavy atom. The van der Waals surface area contributed by atoms with Gasteiger partial charge in [-0.05, 0) is 69.1 Å². The molecule has 1 saturated heterocycles. The summed E-state index contributed by atoms with van der Waals surface area (Å²) in [6.45, 7) is 3.34. The monoisotopic (exact) mass is 562 g/mol. The predicted molar refractivity (Wildman–Crippen MR) is 124 cm³/mol. The summed E-state index contributed by atoms with van der Waals surface area (Å²) in [6.07, 6.45) is -9.24. The van der Waals surface area contributed by atoms with Gasteiger partial charge in [0.25, 0.3) is 0 Å². The van der Waals surface area contributed by atoms with Crippen molar-refractivity contribution in [3.63, 3.8) is 0 Å². The lowest BCUT2D eigenvalue weighted by Gasteiger charge is -2.33. The number of piperidine rings is 1. The van der Waals surface area contributed by atoms with Gasteiger partial charge in [0.2, 0.25) is 0 Å². The first-order valence-electron chi connectivity index (χ1n) is 12.5. The van der Waals surface area contributed by atoms with Crippen molar-refractivity contribution in [3.05, 3.63) is 52.3 Å². The van der Waals surface area contributed by atoms with Crippen LogP contribution in [0.1, 0.15) is 60.3 Å². The molecule has 0 spiro atoms. The summed E-state index contributed by atoms with van der Waals surface area (Å²) in [7, 11) is 0. The number of nitrogens with zero attached hydrogens (tertiary/aromatic N) is 4. The quantitative estimate of drug-likeness (QED) is 0.497. The summed E-state index contributed by atoms with van der Waals surface area (Å²) in [5, 5.41) is 13.9. The summed E-state index contributed by atoms with van der Waals surface area (Å²) in [4.78, 5) is 27.5. The molecule has 8 nitrogen and oxygen atoms in total. The van der Waals surface area contributed by atoms with Crippen molar-refractivity contribution in [2.24, 2.45) is 5.92 Å². The zero-order chi connectivity index (χ0) is 28.5. The zero-order valence-corrected chi connectivity index (χ0v) is 21.1. The van der Waals surface area contributed by atoms with E-state index in [1.807, 2.05) is 13.0 Å². The maximum atomic E-state index is 13.1. The second-order valence-electron chi connectivity index (χ2n) is 9.85. The summed E-state index contributed by atoms with van der Waals surface area (Å²) >= 11 is 0. The SMILES string of the molecule is CC(c1cc2n(n1)CCCN(C(=O)OCc1cc(C(F)(F)F)cc(C(F)(F)F)c1)C2)N1CCC(C(=O)O)CC1. The van der Waals surface area contributed by atoms with Crippen LogP contribution in [-0.2, 0) is 41.6 Å². The first-order chi connectivity index (χ1) is 18.2. The number of halogens is 6. The predicted octanol–water partition coefficient (Wildman–Crippen LogP) is 5.32. The maximum absolute atomic E-state index is 13.1. The fourth-order valence-corrected chi connectivity index (χ4v) is 4.90. The van der Waals surface area contributed by atoms with E-state index in [0.29, 0.717) is 56.7 Å². The Morgan fingerprint density at radius 3 is 2.18 bits per heavy atom. The van der Waals surface area contributed by atoms with Crippen LogP contribution in [0.5, 0.6) is 0 Å². The van der Waals surface area contributed by atoms with E-state index in [1.165, 1.54) is 4.90 Å². The number of hydrogen-bond acceptors (Lipinski definition) is 5. The molecular weight excluding hydrogens is 534 g/mol. The van der Waals surface area contributed by atoms with Gasteiger partial charge >= 0.3 is 24.4 Å². The highest BCUT2D eigenvalue weighted by atomic mass is 19.4. The number of aliphatic carboxylic acids is 1. The van der Waals surface area contributed by atoms with Crippen molar-refractivity contribution in [2.45, 2.75) is 64.3 Å². The molecule has 0 saturated carbocycles. The van der Waals surface area contributed by atoms with Crippen LogP contribution in [0.15, 0.2) is 24.3 Å². The smallest absolute Gasteiger partial charge is 0.416 e. The third kappa shape index (κ3) is 6.84. The molecule has 214 valence electrons. The van der Waals surface area contributed by atoms with Crippen molar-refractivity contribution in [3.8, 4) is 0 Å². The maximum Gasteiger partial charge on any atom is 0.416 e. The van der Waals surface area contributed by atoms with Crippen LogP contribution >= 0.6 is 0 Å². The van der Waals surface area contributed by atoms with E-state index in [1.54, 1.807) is 4.68 Å². The molecule has 3 heterocycles. The van der Waals surface area contributed by atoms with Crippen LogP contribution in [0.25, 0.3) is 0 Å². The summed E-state index contributed by atoms with van der Waals surface area (Å²) in [5.41, 5.74) is -1.90. The molecule has 2 aliphatic heterocycles. The van der Waals surface area contributed by atoms with E-state index in [0.717, 1.165) is 5.69 Å². The number of carboxylic acids is 1. The van der Waals surface area contributed by atoms with Gasteiger partial charge in [0.15, 0.2) is 0 Å². The second kappa shape index (κ2) is 11.1. The fourth-order valence-electron chi connectivity index (χ4n) is 4.90. The minimum absolute atomic E-state index is 0.0221. The van der Waals surface area contributed by atoms with Crippen molar-refractivity contribution >= 4 is 12.1 Å². The third-order valence-electron chi connectivity index (χ3n) is 7.16. The second-order valence-corrected chi connectivity index (χ2v) is 9.85. The molecule has 4 rings (SSSR count). The number of hydrogen-bond donors (Lipinski definition) is 1. The van der Waals surface area contributed by atoms with Crippen molar-refractivity contribution < 1.29 is 45.8 Å². The minimum atomic E-state index is -5.00. The lowest BCUT2D eigenvalue weighted by molar-refractivity contribution is -0.144. The lowest BCUT2D eigenvalue weighted by Crippen LogP contribution is -2.38. The van der Waals surface area contributed by atoms with Crippen LogP contribution in [0.3, 0.4) is 0 Å². The molecule has 1 amide bonds. The van der Waals surface area contributed by atoms with Crippen LogP contribution in [-0.4, -0.2) is 56.4 Å². The first-order valence-corrected chi connectivity index (χ1v) is 12.5. The Balaban J connectivity index is 1.41. The van der Waals surface area contributed by atoms with Crippen LogP contribution in [0.4, 0.5) is 31.1 Å². The molecule has 1 fully saturated rings. The largest absolute Gasteiger partial charge is 0.481 e. The number of amides is 1. The summed E-state index contributed by atoms with van der Waals surface area (Å²) < 4.78 is 85.6. The van der Waals surface area contributed by atoms with Crippen LogP contribution in [0.2, 0.25) is 0 Å². The van der Waals surface area contributed by atoms with Crippen molar-refractivity contribution in [2.75, 3.05) is 19.6 Å². The average molecular weight is 563 g/mol. The number of likely N-dealkylation sites (tertiary alicyclic amines) is 1. The Kier molecular flexibility index (Phi) is 8.14. The summed E-state index contributed by atoms with van der Waals surface area (Å²) in [5.74, 6) is -1.15. The van der Waals surface area contributed by atoms with Crippen LogP contribution < -0.4 is 0 Å². The van der Waals surface area contributed by atoms with Gasteiger partial charge in [-0.25, -0.2) is 4.79 Å². The number of benzene rings is 1. The molecule has 0 aliphatic carbocycles. The molecule has 0 radical (unpaired) electrons. The zero-order valence-electron chi connectivity index (χ0n) is 21.1. The molecule has 39 heavy (non-hydrogen) atoms. The van der Waals surface area contributed by atoms with Gasteiger partial charge < -0.3 is 14.7 Å². The van der Waals surface area contributed by atoms with Gasteiger partial charge in [0, 0.05) is 13.1 Å². The number of carboxylic acid groups (broad SMARTS) is 1. The number of fused-ring (bicyclic) bond motifs is 1. The molecule has 2 aliphatic rings. The molecule has 1 atom stereocenters. The van der Waals surface area contributed by atoms with E-state index >= 15 is 0 Å². The molecule has 1 aromatic heterocycles. The third-order valence-corrected chi connectivity index (χ3v) is 7.16. The first kappa shape index (κ1) is 28.7. The van der Waals surface area contributed by atoms with E-state index in [9.17, 15) is 41.0 Å². The van der Waals surface area contributed by atoms with Crippen molar-refractivity contribution in [1.82, 2.24) is 19.6 Å². The number of rotatable bonds is 5. The van der Waals surface area contributed by atoms with Gasteiger partial charge in [-0.3, -0.25) is 14.4 Å². The highest BCUT2D eigenvalue weighted by molar-refractivity contribution is 5.70. The molecular formula is C25H28F6N4O4. The molecule has 14 heteroatoms. The number of aromatic nitrogens is 2. The van der Waals surface area contributed by atoms with Gasteiger partial charge in [0.05, 0.1) is 41.0 Å². The van der Waals surface area contributed by atoms with E-state index in [-0.39, 0.29) is 31.1 Å². The molecule has 1 unspecified atom stereocenters. The Labute approximate surface area is 220 Å². The number of carbonyl (C=O) groups excluding carboxylic acids is 1. The molecule has 2 aromatic rings. The fraction of sp³-hybridized carbons (Fsp3) is 0.560. The Hall–Kier alpha value is -3.29. The highest BCUT2D eigenvalue weighted by Gasteiger charge is 2.37. The molecule has 0 bridgehead atoms. The highest BCUT2D eigenvalue weighted by Crippen LogP contribution is 2.36. The normalized spacial score (nSPS) is 18.4. The van der Waals surface area contributed by atoms with Crippen molar-refractivity contribution in [1.29, 1.82) is 0 Å². The molecule has 1 aromatic carbocycles. The number of ether oxygens (including phenoxy) is 1. The summed E-state index contributed by atoms with van der Waals surface area (Å²) in [6, 6.07) is 2.86. The Morgan fingerprint density at radius 1 is 1.00 bits per heavy atom. The Bertz CT molecular complexity index is 1170. The number of aryl methyl sites for hydroxylation is 1. The van der Waals surface area contributed by atoms with Crippen LogP contribution in [0, 0.1) is 5.92 Å². The van der Waals surface area contributed by atoms with E-state index in [2.05, 4.69) is 10.00 Å². The molecule has 1 N–H and O–H groups in total. The van der Waals surface area contributed by atoms with Gasteiger partial charge in [-0.2, -0.15) is 31.4 Å². The number of alkyl halides is 6. The van der Waals surface area contributed by atoms with Gasteiger partial charge in [-0.15, -0.1) is 0 Å². The lowest BCUT2D eigenvalue weighted by atomic mass is 9.96. The minimum Gasteiger partial charge on any atom is -0.481 e. The van der Waals surface area contributed by atoms with E-state index in [4.69, 9.17) is 4.74 Å². The topological polar surface area (TPSA) is 87.9 Å². The number of carbonyl (C=O) groups is 2. The average Bonchev–Trinajstić information content (AvgIpc) is 3.16. The standard InChI is InChI=1S/C25H28F6N4O4/c1-15(33-7-3-17(4-8-33)22(36)37)21-12-20-13-34(5-2-6-35(20)32-21)23(38)39-14-16-9-18(24(26,27)28)11-19(10-16)25(29,30)31/h9-12,15,17H,2-8,13-14H2,1H3,(H,36,37). The van der Waals surface area contributed by atoms with E-state index < -0.39 is 47.7 Å². The van der Waals surface area contributed by atoms with Gasteiger partial charge in [-0.1, -0.05) is 0 Å².